The molecule has 3 heterocycles. The molecule has 1 saturated heterocycles. The average Bonchev–Trinajstić information content (AvgIpc) is 3.58. The topological polar surface area (TPSA) is 139 Å². The number of nitrogens with one attached hydrogen (secondary N) is 2. The van der Waals surface area contributed by atoms with Crippen molar-refractivity contribution in [3.05, 3.63) is 65.4 Å². The van der Waals surface area contributed by atoms with Gasteiger partial charge in [0, 0.05) is 19.1 Å². The van der Waals surface area contributed by atoms with Crippen LogP contribution < -0.4 is 10.6 Å². The van der Waals surface area contributed by atoms with Gasteiger partial charge >= 0.3 is 5.97 Å². The zero-order valence-corrected chi connectivity index (χ0v) is 23.2. The lowest BCUT2D eigenvalue weighted by Gasteiger charge is -2.25. The van der Waals surface area contributed by atoms with E-state index in [4.69, 9.17) is 24.4 Å². The maximum atomic E-state index is 11.4. The van der Waals surface area contributed by atoms with E-state index in [1.807, 2.05) is 51.1 Å². The Bertz CT molecular complexity index is 1540. The molecule has 40 heavy (non-hydrogen) atoms. The lowest BCUT2D eigenvalue weighted by molar-refractivity contribution is -0.158. The van der Waals surface area contributed by atoms with Crippen molar-refractivity contribution >= 4 is 39.3 Å². The summed E-state index contributed by atoms with van der Waals surface area (Å²) >= 11 is 1.58. The van der Waals surface area contributed by atoms with Crippen LogP contribution >= 0.6 is 11.3 Å². The first-order valence-corrected chi connectivity index (χ1v) is 14.1. The van der Waals surface area contributed by atoms with E-state index in [0.717, 1.165) is 32.0 Å². The number of aryl methyl sites for hydroxylation is 1. The number of hydrogen-bond acceptors (Lipinski definition) is 10. The molecule has 208 valence electrons. The van der Waals surface area contributed by atoms with Gasteiger partial charge in [-0.1, -0.05) is 24.3 Å². The standard InChI is InChI=1S/C29H31N5O5S/c1-15-22(26-33-19-9-4-5-10-21(19)40-26)25(32-20-12-18(14-35)23-24(20)39-29(2,3)38-23)34-28(31-15)30-13-16-7-6-8-17(11-16)27(36)37/h4-11,18,20,23-24,35H,12-14H2,1-3H3,(H,36,37)(H2,30,31,32,34)/t18-,20-,23?,24?/m1/s1. The number of aliphatic hydroxyl groups excluding tert-OH is 1. The van der Waals surface area contributed by atoms with Gasteiger partial charge in [-0.05, 0) is 57.0 Å². The number of aliphatic hydroxyl groups is 1. The SMILES string of the molecule is Cc1nc(NCc2cccc(C(=O)O)c2)nc(N[C@@H]2C[C@H](CO)C3OC(C)(C)OC32)c1-c1nc2ccccc2s1. The third-order valence-corrected chi connectivity index (χ3v) is 8.41. The number of carboxylic acid groups (broad SMARTS) is 1. The number of rotatable bonds is 8. The molecule has 4 aromatic rings. The van der Waals surface area contributed by atoms with E-state index < -0.39 is 11.8 Å². The summed E-state index contributed by atoms with van der Waals surface area (Å²) in [6.45, 7) is 6.07. The van der Waals surface area contributed by atoms with Crippen molar-refractivity contribution in [1.29, 1.82) is 0 Å². The molecule has 2 aromatic carbocycles. The second kappa shape index (κ2) is 10.4. The Kier molecular flexibility index (Phi) is 6.91. The van der Waals surface area contributed by atoms with Crippen LogP contribution in [0.2, 0.25) is 0 Å². The van der Waals surface area contributed by atoms with Crippen LogP contribution in [0, 0.1) is 12.8 Å². The predicted octanol–water partition coefficient (Wildman–Crippen LogP) is 4.68. The summed E-state index contributed by atoms with van der Waals surface area (Å²) in [6.07, 6.45) is 0.195. The first-order chi connectivity index (χ1) is 19.2. The van der Waals surface area contributed by atoms with Crippen molar-refractivity contribution in [1.82, 2.24) is 15.0 Å². The number of anilines is 2. The summed E-state index contributed by atoms with van der Waals surface area (Å²) in [4.78, 5) is 25.9. The molecular weight excluding hydrogens is 530 g/mol. The molecule has 0 spiro atoms. The lowest BCUT2D eigenvalue weighted by atomic mass is 10.1. The largest absolute Gasteiger partial charge is 0.478 e. The fourth-order valence-corrected chi connectivity index (χ4v) is 6.63. The first-order valence-electron chi connectivity index (χ1n) is 13.2. The van der Waals surface area contributed by atoms with Crippen LogP contribution in [-0.4, -0.2) is 61.8 Å². The van der Waals surface area contributed by atoms with E-state index in [1.54, 1.807) is 29.5 Å². The van der Waals surface area contributed by atoms with Crippen LogP contribution in [0.1, 0.15) is 41.9 Å². The molecule has 2 fully saturated rings. The van der Waals surface area contributed by atoms with Crippen LogP contribution in [0.3, 0.4) is 0 Å². The fraction of sp³-hybridized carbons (Fsp3) is 0.379. The zero-order chi connectivity index (χ0) is 28.0. The van der Waals surface area contributed by atoms with Gasteiger partial charge in [-0.25, -0.2) is 14.8 Å². The maximum Gasteiger partial charge on any atom is 0.335 e. The van der Waals surface area contributed by atoms with Gasteiger partial charge in [0.15, 0.2) is 5.79 Å². The number of para-hydroxylation sites is 1. The molecule has 4 N–H and O–H groups in total. The van der Waals surface area contributed by atoms with E-state index in [2.05, 4.69) is 10.6 Å². The van der Waals surface area contributed by atoms with Crippen LogP contribution in [0.5, 0.6) is 0 Å². The summed E-state index contributed by atoms with van der Waals surface area (Å²) in [5, 5.41) is 27.1. The number of carboxylic acids is 1. The summed E-state index contributed by atoms with van der Waals surface area (Å²) < 4.78 is 13.5. The second-order valence-electron chi connectivity index (χ2n) is 10.7. The highest BCUT2D eigenvalue weighted by Gasteiger charge is 2.54. The van der Waals surface area contributed by atoms with E-state index in [0.29, 0.717) is 24.7 Å². The summed E-state index contributed by atoms with van der Waals surface area (Å²) in [7, 11) is 0. The number of aromatic carboxylic acids is 1. The van der Waals surface area contributed by atoms with Crippen molar-refractivity contribution in [2.45, 2.75) is 57.8 Å². The van der Waals surface area contributed by atoms with Gasteiger partial charge in [-0.3, -0.25) is 0 Å². The van der Waals surface area contributed by atoms with Gasteiger partial charge in [0.2, 0.25) is 5.95 Å². The number of thiazole rings is 1. The number of hydrogen-bond donors (Lipinski definition) is 4. The first kappa shape index (κ1) is 26.6. The molecule has 0 radical (unpaired) electrons. The lowest BCUT2D eigenvalue weighted by Crippen LogP contribution is -2.35. The molecule has 2 unspecified atom stereocenters. The molecule has 4 atom stereocenters. The van der Waals surface area contributed by atoms with E-state index in [-0.39, 0.29) is 36.3 Å². The maximum absolute atomic E-state index is 11.4. The Morgan fingerprint density at radius 3 is 2.67 bits per heavy atom. The van der Waals surface area contributed by atoms with Crippen molar-refractivity contribution in [3.63, 3.8) is 0 Å². The van der Waals surface area contributed by atoms with Gasteiger partial charge in [0.05, 0.1) is 39.2 Å². The Morgan fingerprint density at radius 1 is 1.10 bits per heavy atom. The average molecular weight is 562 g/mol. The summed E-state index contributed by atoms with van der Waals surface area (Å²) in [5.41, 5.74) is 3.48. The Hall–Kier alpha value is -3.64. The Labute approximate surface area is 235 Å². The van der Waals surface area contributed by atoms with Crippen LogP contribution in [0.15, 0.2) is 48.5 Å². The molecule has 1 saturated carbocycles. The van der Waals surface area contributed by atoms with Gasteiger partial charge in [0.1, 0.15) is 16.9 Å². The Balaban J connectivity index is 1.35. The molecule has 1 aliphatic carbocycles. The van der Waals surface area contributed by atoms with E-state index in [1.165, 1.54) is 0 Å². The van der Waals surface area contributed by atoms with Crippen LogP contribution in [0.4, 0.5) is 11.8 Å². The quantitative estimate of drug-likeness (QED) is 0.240. The molecule has 10 nitrogen and oxygen atoms in total. The van der Waals surface area contributed by atoms with E-state index in [9.17, 15) is 15.0 Å². The summed E-state index contributed by atoms with van der Waals surface area (Å²) in [6, 6.07) is 14.6. The number of aromatic nitrogens is 3. The molecule has 6 rings (SSSR count). The van der Waals surface area contributed by atoms with E-state index >= 15 is 0 Å². The third kappa shape index (κ3) is 5.13. The Morgan fingerprint density at radius 2 is 1.90 bits per heavy atom. The number of ether oxygens (including phenoxy) is 2. The zero-order valence-electron chi connectivity index (χ0n) is 22.4. The molecular formula is C29H31N5O5S. The molecule has 1 aliphatic heterocycles. The van der Waals surface area contributed by atoms with Crippen LogP contribution in [-0.2, 0) is 16.0 Å². The molecule has 0 amide bonds. The monoisotopic (exact) mass is 561 g/mol. The minimum absolute atomic E-state index is 0.00846. The molecule has 11 heteroatoms. The highest BCUT2D eigenvalue weighted by molar-refractivity contribution is 7.21. The number of carbonyl (C=O) groups is 1. The minimum Gasteiger partial charge on any atom is -0.478 e. The molecule has 0 bridgehead atoms. The highest BCUT2D eigenvalue weighted by Crippen LogP contribution is 2.44. The number of fused-ring (bicyclic) bond motifs is 2. The van der Waals surface area contributed by atoms with Crippen molar-refractivity contribution in [2.75, 3.05) is 17.2 Å². The molecule has 2 aromatic heterocycles. The third-order valence-electron chi connectivity index (χ3n) is 7.36. The van der Waals surface area contributed by atoms with Crippen molar-refractivity contribution in [3.8, 4) is 10.6 Å². The van der Waals surface area contributed by atoms with Gasteiger partial charge in [-0.2, -0.15) is 4.98 Å². The van der Waals surface area contributed by atoms with Gasteiger partial charge < -0.3 is 30.3 Å². The predicted molar refractivity (Wildman–Crippen MR) is 153 cm³/mol. The van der Waals surface area contributed by atoms with Crippen molar-refractivity contribution < 1.29 is 24.5 Å². The second-order valence-corrected chi connectivity index (χ2v) is 11.7. The minimum atomic E-state index is -0.974. The van der Waals surface area contributed by atoms with Gasteiger partial charge in [0.25, 0.3) is 0 Å². The summed E-state index contributed by atoms with van der Waals surface area (Å²) in [5.74, 6) is -0.750. The fourth-order valence-electron chi connectivity index (χ4n) is 5.57. The number of nitrogens with zero attached hydrogens (tertiary/aromatic N) is 3. The normalized spacial score (nSPS) is 23.3. The van der Waals surface area contributed by atoms with Gasteiger partial charge in [-0.15, -0.1) is 11.3 Å². The van der Waals surface area contributed by atoms with Crippen molar-refractivity contribution in [2.24, 2.45) is 5.92 Å². The molecule has 2 aliphatic rings. The number of benzene rings is 2. The van der Waals surface area contributed by atoms with Crippen LogP contribution in [0.25, 0.3) is 20.8 Å². The highest BCUT2D eigenvalue weighted by atomic mass is 32.1. The smallest absolute Gasteiger partial charge is 0.335 e.